The lowest BCUT2D eigenvalue weighted by Gasteiger charge is -2.03. The van der Waals surface area contributed by atoms with Gasteiger partial charge in [-0.15, -0.1) is 0 Å². The maximum Gasteiger partial charge on any atom is 0.193 e. The van der Waals surface area contributed by atoms with Gasteiger partial charge >= 0.3 is 0 Å². The Labute approximate surface area is 91.2 Å². The van der Waals surface area contributed by atoms with Gasteiger partial charge in [-0.05, 0) is 24.8 Å². The van der Waals surface area contributed by atoms with Crippen molar-refractivity contribution in [2.24, 2.45) is 0 Å². The summed E-state index contributed by atoms with van der Waals surface area (Å²) in [6, 6.07) is 1.77. The Hall–Kier alpha value is -1.69. The van der Waals surface area contributed by atoms with Crippen molar-refractivity contribution in [3.63, 3.8) is 0 Å². The highest BCUT2D eigenvalue weighted by Gasteiger charge is 2.07. The molecule has 0 saturated heterocycles. The van der Waals surface area contributed by atoms with Gasteiger partial charge in [-0.3, -0.25) is 0 Å². The van der Waals surface area contributed by atoms with E-state index in [1.165, 1.54) is 18.1 Å². The highest BCUT2D eigenvalue weighted by Crippen LogP contribution is 2.26. The topological polar surface area (TPSA) is 77.6 Å². The van der Waals surface area contributed by atoms with Crippen LogP contribution in [0.3, 0.4) is 0 Å². The van der Waals surface area contributed by atoms with Gasteiger partial charge in [0, 0.05) is 18.0 Å². The van der Waals surface area contributed by atoms with Gasteiger partial charge in [0.25, 0.3) is 0 Å². The number of anilines is 1. The van der Waals surface area contributed by atoms with E-state index in [1.807, 2.05) is 6.92 Å². The molecular weight excluding hydrogens is 210 g/mol. The lowest BCUT2D eigenvalue weighted by molar-refractivity contribution is 0.948. The van der Waals surface area contributed by atoms with Crippen LogP contribution < -0.4 is 5.73 Å². The van der Waals surface area contributed by atoms with Crippen LogP contribution in [-0.2, 0) is 0 Å². The monoisotopic (exact) mass is 219 g/mol. The van der Waals surface area contributed by atoms with Crippen LogP contribution in [0.1, 0.15) is 5.56 Å². The Morgan fingerprint density at radius 1 is 1.13 bits per heavy atom. The fourth-order valence-corrected chi connectivity index (χ4v) is 1.73. The maximum atomic E-state index is 5.67. The predicted molar refractivity (Wildman–Crippen MR) is 57.3 cm³/mol. The van der Waals surface area contributed by atoms with Crippen LogP contribution in [-0.4, -0.2) is 19.9 Å². The molecule has 6 heteroatoms. The Bertz CT molecular complexity index is 459. The van der Waals surface area contributed by atoms with Gasteiger partial charge in [0.05, 0.1) is 0 Å². The zero-order valence-corrected chi connectivity index (χ0v) is 8.90. The van der Waals surface area contributed by atoms with E-state index in [0.717, 1.165) is 10.6 Å². The quantitative estimate of drug-likeness (QED) is 0.606. The SMILES string of the molecule is Cc1c(N)ncnc1Sc1ncccn1. The third-order valence-electron chi connectivity index (χ3n) is 1.81. The zero-order chi connectivity index (χ0) is 10.7. The molecule has 15 heavy (non-hydrogen) atoms. The van der Waals surface area contributed by atoms with Gasteiger partial charge in [-0.25, -0.2) is 19.9 Å². The molecule has 76 valence electrons. The molecule has 0 amide bonds. The highest BCUT2D eigenvalue weighted by atomic mass is 32.2. The van der Waals surface area contributed by atoms with Crippen LogP contribution in [0.2, 0.25) is 0 Å². The summed E-state index contributed by atoms with van der Waals surface area (Å²) in [6.45, 7) is 1.88. The van der Waals surface area contributed by atoms with Crippen molar-refractivity contribution in [1.29, 1.82) is 0 Å². The largest absolute Gasteiger partial charge is 0.383 e. The minimum absolute atomic E-state index is 0.489. The zero-order valence-electron chi connectivity index (χ0n) is 8.08. The van der Waals surface area contributed by atoms with Crippen molar-refractivity contribution in [1.82, 2.24) is 19.9 Å². The molecule has 5 nitrogen and oxygen atoms in total. The normalized spacial score (nSPS) is 10.2. The molecule has 0 aliphatic heterocycles. The fourth-order valence-electron chi connectivity index (χ4n) is 0.974. The average Bonchev–Trinajstić information content (AvgIpc) is 2.26. The van der Waals surface area contributed by atoms with Crippen LogP contribution in [0.5, 0.6) is 0 Å². The maximum absolute atomic E-state index is 5.67. The molecule has 0 aliphatic rings. The van der Waals surface area contributed by atoms with Crippen LogP contribution in [0.4, 0.5) is 5.82 Å². The minimum atomic E-state index is 0.489. The number of hydrogen-bond donors (Lipinski definition) is 1. The van der Waals surface area contributed by atoms with E-state index in [2.05, 4.69) is 19.9 Å². The summed E-state index contributed by atoms with van der Waals surface area (Å²) in [5.41, 5.74) is 6.53. The molecule has 0 saturated carbocycles. The first-order chi connectivity index (χ1) is 7.27. The van der Waals surface area contributed by atoms with E-state index in [-0.39, 0.29) is 0 Å². The molecule has 2 aromatic heterocycles. The standard InChI is InChI=1S/C9H9N5S/c1-6-7(10)13-5-14-8(6)15-9-11-3-2-4-12-9/h2-5H,1H3,(H2,10,13,14). The fraction of sp³-hybridized carbons (Fsp3) is 0.111. The first-order valence-corrected chi connectivity index (χ1v) is 5.11. The average molecular weight is 219 g/mol. The smallest absolute Gasteiger partial charge is 0.193 e. The first kappa shape index (κ1) is 9.85. The first-order valence-electron chi connectivity index (χ1n) is 4.29. The summed E-state index contributed by atoms with van der Waals surface area (Å²) in [4.78, 5) is 16.2. The summed E-state index contributed by atoms with van der Waals surface area (Å²) in [7, 11) is 0. The van der Waals surface area contributed by atoms with E-state index in [4.69, 9.17) is 5.73 Å². The number of nitrogen functional groups attached to an aromatic ring is 1. The van der Waals surface area contributed by atoms with Crippen molar-refractivity contribution in [2.45, 2.75) is 17.1 Å². The summed E-state index contributed by atoms with van der Waals surface area (Å²) in [5, 5.41) is 1.44. The van der Waals surface area contributed by atoms with Crippen LogP contribution in [0.15, 0.2) is 35.0 Å². The molecule has 0 radical (unpaired) electrons. The third kappa shape index (κ3) is 2.21. The molecule has 0 atom stereocenters. The van der Waals surface area contributed by atoms with E-state index < -0.39 is 0 Å². The molecule has 0 fully saturated rings. The second-order valence-electron chi connectivity index (χ2n) is 2.82. The van der Waals surface area contributed by atoms with E-state index in [9.17, 15) is 0 Å². The van der Waals surface area contributed by atoms with Gasteiger partial charge < -0.3 is 5.73 Å². The van der Waals surface area contributed by atoms with Crippen molar-refractivity contribution in [3.05, 3.63) is 30.4 Å². The molecule has 0 aliphatic carbocycles. The molecule has 0 unspecified atom stereocenters. The van der Waals surface area contributed by atoms with E-state index in [1.54, 1.807) is 18.5 Å². The van der Waals surface area contributed by atoms with Crippen LogP contribution >= 0.6 is 11.8 Å². The molecule has 2 aromatic rings. The minimum Gasteiger partial charge on any atom is -0.383 e. The van der Waals surface area contributed by atoms with Gasteiger partial charge in [0.1, 0.15) is 17.2 Å². The lowest BCUT2D eigenvalue weighted by atomic mass is 10.4. The summed E-state index contributed by atoms with van der Waals surface area (Å²) in [5.74, 6) is 0.489. The molecule has 0 bridgehead atoms. The third-order valence-corrected chi connectivity index (χ3v) is 2.81. The number of nitrogens with zero attached hydrogens (tertiary/aromatic N) is 4. The summed E-state index contributed by atoms with van der Waals surface area (Å²) < 4.78 is 0. The van der Waals surface area contributed by atoms with Crippen molar-refractivity contribution in [3.8, 4) is 0 Å². The molecular formula is C9H9N5S. The van der Waals surface area contributed by atoms with Gasteiger partial charge in [-0.1, -0.05) is 0 Å². The summed E-state index contributed by atoms with van der Waals surface area (Å²) >= 11 is 1.38. The van der Waals surface area contributed by atoms with Crippen molar-refractivity contribution in [2.75, 3.05) is 5.73 Å². The number of rotatable bonds is 2. The Balaban J connectivity index is 2.29. The molecule has 0 spiro atoms. The number of aromatic nitrogens is 4. The highest BCUT2D eigenvalue weighted by molar-refractivity contribution is 7.99. The Kier molecular flexibility index (Phi) is 2.77. The number of hydrogen-bond acceptors (Lipinski definition) is 6. The van der Waals surface area contributed by atoms with Crippen LogP contribution in [0.25, 0.3) is 0 Å². The Morgan fingerprint density at radius 2 is 1.87 bits per heavy atom. The van der Waals surface area contributed by atoms with E-state index in [0.29, 0.717) is 11.0 Å². The van der Waals surface area contributed by atoms with Gasteiger partial charge in [0.2, 0.25) is 0 Å². The van der Waals surface area contributed by atoms with Crippen LogP contribution in [0, 0.1) is 6.92 Å². The molecule has 2 rings (SSSR count). The second-order valence-corrected chi connectivity index (χ2v) is 3.78. The summed E-state index contributed by atoms with van der Waals surface area (Å²) in [6.07, 6.45) is 4.82. The molecule has 2 heterocycles. The molecule has 0 aromatic carbocycles. The predicted octanol–water partition coefficient (Wildman–Crippen LogP) is 1.31. The Morgan fingerprint density at radius 3 is 2.60 bits per heavy atom. The number of nitrogens with two attached hydrogens (primary N) is 1. The van der Waals surface area contributed by atoms with Gasteiger partial charge in [-0.2, -0.15) is 0 Å². The van der Waals surface area contributed by atoms with E-state index >= 15 is 0 Å². The second kappa shape index (κ2) is 4.22. The van der Waals surface area contributed by atoms with Crippen molar-refractivity contribution < 1.29 is 0 Å². The van der Waals surface area contributed by atoms with Crippen molar-refractivity contribution >= 4 is 17.6 Å². The lowest BCUT2D eigenvalue weighted by Crippen LogP contribution is -1.97. The molecule has 2 N–H and O–H groups in total. The van der Waals surface area contributed by atoms with Gasteiger partial charge in [0.15, 0.2) is 5.16 Å².